The predicted molar refractivity (Wildman–Crippen MR) is 70.0 cm³/mol. The molecule has 104 valence electrons. The van der Waals surface area contributed by atoms with Crippen molar-refractivity contribution in [2.45, 2.75) is 19.3 Å². The lowest BCUT2D eigenvalue weighted by Gasteiger charge is -2.03. The highest BCUT2D eigenvalue weighted by Crippen LogP contribution is 2.06. The molecule has 1 aromatic carbocycles. The highest BCUT2D eigenvalue weighted by Gasteiger charge is 2.06. The first-order valence-electron chi connectivity index (χ1n) is 6.08. The number of hydrogen-bond donors (Lipinski definition) is 2. The fourth-order valence-corrected chi connectivity index (χ4v) is 1.76. The van der Waals surface area contributed by atoms with Crippen molar-refractivity contribution in [3.05, 3.63) is 63.6 Å². The van der Waals surface area contributed by atoms with Gasteiger partial charge < -0.3 is 10.1 Å². The Morgan fingerprint density at radius 1 is 1.30 bits per heavy atom. The largest absolute Gasteiger partial charge is 0.481 e. The number of aryl methyl sites for hydroxylation is 1. The number of aliphatic carboxylic acids is 1. The van der Waals surface area contributed by atoms with Crippen molar-refractivity contribution in [2.24, 2.45) is 0 Å². The van der Waals surface area contributed by atoms with Crippen LogP contribution in [0.3, 0.4) is 0 Å². The van der Waals surface area contributed by atoms with Crippen LogP contribution >= 0.6 is 0 Å². The first-order valence-corrected chi connectivity index (χ1v) is 6.08. The van der Waals surface area contributed by atoms with Crippen LogP contribution in [0.4, 0.5) is 4.39 Å². The number of carbonyl (C=O) groups is 1. The van der Waals surface area contributed by atoms with Crippen LogP contribution in [0.1, 0.15) is 23.4 Å². The summed E-state index contributed by atoms with van der Waals surface area (Å²) in [7, 11) is 0. The molecule has 0 aliphatic heterocycles. The smallest absolute Gasteiger partial charge is 0.303 e. The fraction of sp³-hybridized carbons (Fsp3) is 0.214. The number of aromatic amines is 1. The van der Waals surface area contributed by atoms with Gasteiger partial charge in [-0.15, -0.1) is 0 Å². The number of nitrogens with zero attached hydrogens (tertiary/aromatic N) is 1. The Hall–Kier alpha value is -2.50. The average molecular weight is 276 g/mol. The Kier molecular flexibility index (Phi) is 4.24. The summed E-state index contributed by atoms with van der Waals surface area (Å²) in [4.78, 5) is 28.9. The second-order valence-corrected chi connectivity index (χ2v) is 4.38. The molecule has 2 N–H and O–H groups in total. The summed E-state index contributed by atoms with van der Waals surface area (Å²) in [6, 6.07) is 5.92. The van der Waals surface area contributed by atoms with E-state index in [4.69, 9.17) is 5.11 Å². The molecule has 0 unspecified atom stereocenters. The first kappa shape index (κ1) is 13.9. The number of carboxylic acid groups (broad SMARTS) is 1. The first-order chi connectivity index (χ1) is 9.54. The van der Waals surface area contributed by atoms with Gasteiger partial charge in [-0.2, -0.15) is 0 Å². The van der Waals surface area contributed by atoms with Crippen LogP contribution in [0, 0.1) is 5.82 Å². The second kappa shape index (κ2) is 6.10. The van der Waals surface area contributed by atoms with E-state index < -0.39 is 5.97 Å². The quantitative estimate of drug-likeness (QED) is 0.867. The van der Waals surface area contributed by atoms with Gasteiger partial charge in [-0.05, 0) is 24.1 Å². The van der Waals surface area contributed by atoms with Crippen LogP contribution in [-0.4, -0.2) is 21.0 Å². The molecule has 0 aliphatic carbocycles. The number of rotatable bonds is 5. The maximum absolute atomic E-state index is 12.8. The number of benzene rings is 1. The van der Waals surface area contributed by atoms with Crippen molar-refractivity contribution < 1.29 is 14.3 Å². The lowest BCUT2D eigenvalue weighted by Crippen LogP contribution is -2.17. The number of aromatic nitrogens is 2. The molecule has 1 heterocycles. The van der Waals surface area contributed by atoms with Crippen molar-refractivity contribution in [2.75, 3.05) is 0 Å². The number of carboxylic acids is 1. The third kappa shape index (κ3) is 3.74. The van der Waals surface area contributed by atoms with Gasteiger partial charge in [-0.1, -0.05) is 12.1 Å². The zero-order chi connectivity index (χ0) is 14.5. The van der Waals surface area contributed by atoms with Crippen LogP contribution in [0.2, 0.25) is 0 Å². The monoisotopic (exact) mass is 276 g/mol. The van der Waals surface area contributed by atoms with Gasteiger partial charge in [0.15, 0.2) is 0 Å². The Morgan fingerprint density at radius 3 is 2.60 bits per heavy atom. The van der Waals surface area contributed by atoms with Gasteiger partial charge in [0.2, 0.25) is 0 Å². The second-order valence-electron chi connectivity index (χ2n) is 4.38. The highest BCUT2D eigenvalue weighted by molar-refractivity contribution is 5.67. The lowest BCUT2D eigenvalue weighted by atomic mass is 10.1. The summed E-state index contributed by atoms with van der Waals surface area (Å²) < 4.78 is 12.8. The van der Waals surface area contributed by atoms with Crippen molar-refractivity contribution in [3.63, 3.8) is 0 Å². The maximum atomic E-state index is 12.8. The zero-order valence-corrected chi connectivity index (χ0v) is 10.6. The lowest BCUT2D eigenvalue weighted by molar-refractivity contribution is -0.136. The van der Waals surface area contributed by atoms with Gasteiger partial charge in [-0.25, -0.2) is 9.37 Å². The van der Waals surface area contributed by atoms with E-state index in [0.717, 1.165) is 5.56 Å². The van der Waals surface area contributed by atoms with E-state index in [1.807, 2.05) is 0 Å². The van der Waals surface area contributed by atoms with Crippen LogP contribution in [-0.2, 0) is 17.6 Å². The fourth-order valence-electron chi connectivity index (χ4n) is 1.76. The number of halogens is 1. The molecule has 1 aromatic heterocycles. The van der Waals surface area contributed by atoms with Gasteiger partial charge in [0.1, 0.15) is 11.6 Å². The van der Waals surface area contributed by atoms with E-state index in [0.29, 0.717) is 17.8 Å². The molecule has 2 aromatic rings. The average Bonchev–Trinajstić information content (AvgIpc) is 2.40. The maximum Gasteiger partial charge on any atom is 0.303 e. The van der Waals surface area contributed by atoms with Crippen LogP contribution in [0.5, 0.6) is 0 Å². The molecule has 5 nitrogen and oxygen atoms in total. The van der Waals surface area contributed by atoms with E-state index >= 15 is 0 Å². The van der Waals surface area contributed by atoms with E-state index in [2.05, 4.69) is 9.97 Å². The molecule has 0 saturated heterocycles. The topological polar surface area (TPSA) is 83.0 Å². The van der Waals surface area contributed by atoms with E-state index in [9.17, 15) is 14.0 Å². The number of H-pyrrole nitrogens is 1. The molecule has 0 spiro atoms. The Bertz CT molecular complexity index is 665. The Balaban J connectivity index is 2.10. The number of nitrogens with one attached hydrogen (secondary N) is 1. The van der Waals surface area contributed by atoms with Gasteiger partial charge in [0, 0.05) is 24.6 Å². The summed E-state index contributed by atoms with van der Waals surface area (Å²) in [6.45, 7) is 0. The van der Waals surface area contributed by atoms with Crippen molar-refractivity contribution in [1.29, 1.82) is 0 Å². The third-order valence-electron chi connectivity index (χ3n) is 2.82. The summed E-state index contributed by atoms with van der Waals surface area (Å²) >= 11 is 0. The van der Waals surface area contributed by atoms with Gasteiger partial charge in [-0.3, -0.25) is 9.59 Å². The Morgan fingerprint density at radius 2 is 2.00 bits per heavy atom. The molecular weight excluding hydrogens is 263 g/mol. The minimum atomic E-state index is -0.959. The molecule has 0 saturated carbocycles. The summed E-state index contributed by atoms with van der Waals surface area (Å²) in [5.74, 6) is -0.820. The van der Waals surface area contributed by atoms with Crippen molar-refractivity contribution in [3.8, 4) is 0 Å². The van der Waals surface area contributed by atoms with Crippen LogP contribution < -0.4 is 5.56 Å². The van der Waals surface area contributed by atoms with Crippen molar-refractivity contribution in [1.82, 2.24) is 9.97 Å². The predicted octanol–water partition coefficient (Wildman–Crippen LogP) is 1.52. The van der Waals surface area contributed by atoms with E-state index in [1.165, 1.54) is 18.3 Å². The molecule has 0 radical (unpaired) electrons. The van der Waals surface area contributed by atoms with E-state index in [1.54, 1.807) is 12.1 Å². The standard InChI is InChI=1S/C14H13FN2O3/c15-11-4-1-9(2-5-11)7-12-16-8-10(14(20)17-12)3-6-13(18)19/h1-2,4-5,8H,3,6-7H2,(H,18,19)(H,16,17,20). The molecule has 0 bridgehead atoms. The molecule has 0 fully saturated rings. The third-order valence-corrected chi connectivity index (χ3v) is 2.82. The molecule has 6 heteroatoms. The van der Waals surface area contributed by atoms with Gasteiger partial charge >= 0.3 is 5.97 Å². The molecule has 0 aliphatic rings. The summed E-state index contributed by atoms with van der Waals surface area (Å²) in [6.07, 6.45) is 1.81. The SMILES string of the molecule is O=C(O)CCc1cnc(Cc2ccc(F)cc2)[nH]c1=O. The van der Waals surface area contributed by atoms with Gasteiger partial charge in [0.25, 0.3) is 5.56 Å². The Labute approximate surface area is 114 Å². The minimum absolute atomic E-state index is 0.109. The van der Waals surface area contributed by atoms with E-state index in [-0.39, 0.29) is 24.2 Å². The molecule has 2 rings (SSSR count). The van der Waals surface area contributed by atoms with Crippen LogP contribution in [0.25, 0.3) is 0 Å². The van der Waals surface area contributed by atoms with Crippen LogP contribution in [0.15, 0.2) is 35.3 Å². The summed E-state index contributed by atoms with van der Waals surface area (Å²) in [5.41, 5.74) is 0.835. The normalized spacial score (nSPS) is 10.4. The van der Waals surface area contributed by atoms with Crippen molar-refractivity contribution >= 4 is 5.97 Å². The number of hydrogen-bond acceptors (Lipinski definition) is 3. The highest BCUT2D eigenvalue weighted by atomic mass is 19.1. The molecule has 0 amide bonds. The zero-order valence-electron chi connectivity index (χ0n) is 10.6. The van der Waals surface area contributed by atoms with Gasteiger partial charge in [0.05, 0.1) is 0 Å². The summed E-state index contributed by atoms with van der Waals surface area (Å²) in [5, 5.41) is 8.57. The molecule has 0 atom stereocenters. The minimum Gasteiger partial charge on any atom is -0.481 e. The molecule has 20 heavy (non-hydrogen) atoms. The molecular formula is C14H13FN2O3.